The molecule has 0 aromatic heterocycles. The number of benzene rings is 1. The molecule has 2 rings (SSSR count). The van der Waals surface area contributed by atoms with Gasteiger partial charge in [0.25, 0.3) is 0 Å². The molecule has 1 aliphatic rings. The first-order valence-electron chi connectivity index (χ1n) is 7.14. The van der Waals surface area contributed by atoms with E-state index in [4.69, 9.17) is 4.74 Å². The standard InChI is InChI=1S/C16H23NO2.ClH/c1-19-16(18)10-12-17-11-6-5-9-15(17)13-14-7-3-2-4-8-14;/h2-4,7-8,15H,5-6,9-13H2,1H3;1H. The average Bonchev–Trinajstić information content (AvgIpc) is 2.47. The van der Waals surface area contributed by atoms with E-state index in [2.05, 4.69) is 35.2 Å². The van der Waals surface area contributed by atoms with E-state index in [1.165, 1.54) is 31.9 Å². The number of likely N-dealkylation sites (tertiary alicyclic amines) is 1. The van der Waals surface area contributed by atoms with Crippen LogP contribution in [-0.2, 0) is 16.0 Å². The number of halogens is 1. The minimum absolute atomic E-state index is 0. The van der Waals surface area contributed by atoms with E-state index < -0.39 is 0 Å². The molecule has 1 aromatic rings. The summed E-state index contributed by atoms with van der Waals surface area (Å²) >= 11 is 0. The zero-order valence-electron chi connectivity index (χ0n) is 12.1. The van der Waals surface area contributed by atoms with E-state index in [1.807, 2.05) is 0 Å². The molecule has 20 heavy (non-hydrogen) atoms. The Bertz CT molecular complexity index is 397. The minimum Gasteiger partial charge on any atom is -0.469 e. The van der Waals surface area contributed by atoms with Crippen molar-refractivity contribution < 1.29 is 9.53 Å². The zero-order chi connectivity index (χ0) is 13.5. The Labute approximate surface area is 127 Å². The Morgan fingerprint density at radius 1 is 1.30 bits per heavy atom. The van der Waals surface area contributed by atoms with Crippen molar-refractivity contribution in [2.24, 2.45) is 0 Å². The lowest BCUT2D eigenvalue weighted by Crippen LogP contribution is -2.42. The molecule has 1 aliphatic heterocycles. The van der Waals surface area contributed by atoms with Crippen molar-refractivity contribution in [1.29, 1.82) is 0 Å². The maximum atomic E-state index is 11.3. The molecule has 0 N–H and O–H groups in total. The SMILES string of the molecule is COC(=O)CCN1CCCCC1Cc1ccccc1.Cl. The molecule has 1 saturated heterocycles. The Kier molecular flexibility index (Phi) is 7.63. The molecule has 0 radical (unpaired) electrons. The highest BCUT2D eigenvalue weighted by atomic mass is 35.5. The van der Waals surface area contributed by atoms with Crippen molar-refractivity contribution in [2.75, 3.05) is 20.2 Å². The van der Waals surface area contributed by atoms with E-state index in [0.29, 0.717) is 12.5 Å². The molecule has 3 nitrogen and oxygen atoms in total. The van der Waals surface area contributed by atoms with Crippen molar-refractivity contribution in [3.05, 3.63) is 35.9 Å². The lowest BCUT2D eigenvalue weighted by molar-refractivity contribution is -0.141. The number of esters is 1. The smallest absolute Gasteiger partial charge is 0.306 e. The summed E-state index contributed by atoms with van der Waals surface area (Å²) in [4.78, 5) is 13.7. The van der Waals surface area contributed by atoms with Gasteiger partial charge in [0.1, 0.15) is 0 Å². The summed E-state index contributed by atoms with van der Waals surface area (Å²) < 4.78 is 4.73. The van der Waals surface area contributed by atoms with Gasteiger partial charge in [0.2, 0.25) is 0 Å². The number of ether oxygens (including phenoxy) is 1. The van der Waals surface area contributed by atoms with Crippen LogP contribution in [0.1, 0.15) is 31.2 Å². The van der Waals surface area contributed by atoms with Crippen LogP contribution >= 0.6 is 12.4 Å². The first kappa shape index (κ1) is 17.0. The monoisotopic (exact) mass is 297 g/mol. The second kappa shape index (κ2) is 8.98. The van der Waals surface area contributed by atoms with Crippen LogP contribution in [0.4, 0.5) is 0 Å². The molecule has 0 spiro atoms. The van der Waals surface area contributed by atoms with Gasteiger partial charge in [0.05, 0.1) is 13.5 Å². The van der Waals surface area contributed by atoms with Crippen LogP contribution in [-0.4, -0.2) is 37.1 Å². The first-order chi connectivity index (χ1) is 9.29. The van der Waals surface area contributed by atoms with Crippen LogP contribution in [0.15, 0.2) is 30.3 Å². The van der Waals surface area contributed by atoms with Gasteiger partial charge in [0.15, 0.2) is 0 Å². The predicted octanol–water partition coefficient (Wildman–Crippen LogP) is 3.07. The lowest BCUT2D eigenvalue weighted by Gasteiger charge is -2.35. The highest BCUT2D eigenvalue weighted by Gasteiger charge is 2.22. The average molecular weight is 298 g/mol. The summed E-state index contributed by atoms with van der Waals surface area (Å²) in [6.07, 6.45) is 5.36. The molecule has 1 unspecified atom stereocenters. The van der Waals surface area contributed by atoms with Gasteiger partial charge in [0, 0.05) is 12.6 Å². The fourth-order valence-corrected chi connectivity index (χ4v) is 2.81. The van der Waals surface area contributed by atoms with Crippen LogP contribution in [0.25, 0.3) is 0 Å². The van der Waals surface area contributed by atoms with Crippen LogP contribution in [0.5, 0.6) is 0 Å². The molecule has 1 fully saturated rings. The van der Waals surface area contributed by atoms with Gasteiger partial charge in [-0.3, -0.25) is 9.69 Å². The van der Waals surface area contributed by atoms with Crippen molar-refractivity contribution in [1.82, 2.24) is 4.90 Å². The molecule has 0 bridgehead atoms. The number of carbonyl (C=O) groups excluding carboxylic acids is 1. The van der Waals surface area contributed by atoms with Crippen molar-refractivity contribution in [2.45, 2.75) is 38.1 Å². The largest absolute Gasteiger partial charge is 0.469 e. The second-order valence-electron chi connectivity index (χ2n) is 5.20. The Morgan fingerprint density at radius 2 is 2.05 bits per heavy atom. The molecule has 0 aliphatic carbocycles. The molecular weight excluding hydrogens is 274 g/mol. The molecule has 0 amide bonds. The van der Waals surface area contributed by atoms with Crippen LogP contribution in [0.3, 0.4) is 0 Å². The quantitative estimate of drug-likeness (QED) is 0.782. The number of hydrogen-bond donors (Lipinski definition) is 0. The topological polar surface area (TPSA) is 29.5 Å². The lowest BCUT2D eigenvalue weighted by atomic mass is 9.95. The summed E-state index contributed by atoms with van der Waals surface area (Å²) in [6.45, 7) is 1.93. The molecule has 0 saturated carbocycles. The van der Waals surface area contributed by atoms with Gasteiger partial charge in [-0.15, -0.1) is 12.4 Å². The third kappa shape index (κ3) is 5.14. The van der Waals surface area contributed by atoms with Crippen molar-refractivity contribution >= 4 is 18.4 Å². The zero-order valence-corrected chi connectivity index (χ0v) is 12.9. The number of methoxy groups -OCH3 is 1. The van der Waals surface area contributed by atoms with Gasteiger partial charge >= 0.3 is 5.97 Å². The Hall–Kier alpha value is -1.06. The minimum atomic E-state index is -0.107. The molecule has 112 valence electrons. The van der Waals surface area contributed by atoms with Gasteiger partial charge in [-0.1, -0.05) is 36.8 Å². The molecule has 1 heterocycles. The highest BCUT2D eigenvalue weighted by molar-refractivity contribution is 5.85. The molecular formula is C16H24ClNO2. The van der Waals surface area contributed by atoms with Gasteiger partial charge in [-0.2, -0.15) is 0 Å². The molecule has 1 aromatic carbocycles. The fraction of sp³-hybridized carbons (Fsp3) is 0.562. The number of carbonyl (C=O) groups is 1. The summed E-state index contributed by atoms with van der Waals surface area (Å²) in [5.74, 6) is -0.107. The molecule has 4 heteroatoms. The maximum Gasteiger partial charge on any atom is 0.306 e. The summed E-state index contributed by atoms with van der Waals surface area (Å²) in [7, 11) is 1.46. The Morgan fingerprint density at radius 3 is 2.75 bits per heavy atom. The Balaban J connectivity index is 0.00000200. The number of nitrogens with zero attached hydrogens (tertiary/aromatic N) is 1. The van der Waals surface area contributed by atoms with Gasteiger partial charge in [-0.05, 0) is 31.4 Å². The van der Waals surface area contributed by atoms with Crippen LogP contribution in [0, 0.1) is 0 Å². The van der Waals surface area contributed by atoms with E-state index in [-0.39, 0.29) is 18.4 Å². The summed E-state index contributed by atoms with van der Waals surface area (Å²) in [6, 6.07) is 11.2. The van der Waals surface area contributed by atoms with E-state index >= 15 is 0 Å². The first-order valence-corrected chi connectivity index (χ1v) is 7.14. The third-order valence-electron chi connectivity index (χ3n) is 3.89. The van der Waals surface area contributed by atoms with Crippen molar-refractivity contribution in [3.63, 3.8) is 0 Å². The summed E-state index contributed by atoms with van der Waals surface area (Å²) in [5, 5.41) is 0. The third-order valence-corrected chi connectivity index (χ3v) is 3.89. The van der Waals surface area contributed by atoms with Crippen LogP contribution < -0.4 is 0 Å². The number of piperidine rings is 1. The van der Waals surface area contributed by atoms with Crippen molar-refractivity contribution in [3.8, 4) is 0 Å². The highest BCUT2D eigenvalue weighted by Crippen LogP contribution is 2.20. The fourth-order valence-electron chi connectivity index (χ4n) is 2.81. The maximum absolute atomic E-state index is 11.3. The predicted molar refractivity (Wildman–Crippen MR) is 83.2 cm³/mol. The number of rotatable bonds is 5. The van der Waals surface area contributed by atoms with E-state index in [9.17, 15) is 4.79 Å². The normalized spacial score (nSPS) is 19.1. The van der Waals surface area contributed by atoms with Gasteiger partial charge < -0.3 is 4.74 Å². The second-order valence-corrected chi connectivity index (χ2v) is 5.20. The van der Waals surface area contributed by atoms with Crippen LogP contribution in [0.2, 0.25) is 0 Å². The number of hydrogen-bond acceptors (Lipinski definition) is 3. The van der Waals surface area contributed by atoms with E-state index in [0.717, 1.165) is 19.5 Å². The van der Waals surface area contributed by atoms with E-state index in [1.54, 1.807) is 0 Å². The summed E-state index contributed by atoms with van der Waals surface area (Å²) in [5.41, 5.74) is 1.39. The van der Waals surface area contributed by atoms with Gasteiger partial charge in [-0.25, -0.2) is 0 Å². The molecule has 1 atom stereocenters.